The Bertz CT molecular complexity index is 2510. The van der Waals surface area contributed by atoms with Gasteiger partial charge in [-0.05, 0) is 80.7 Å². The molecule has 2 heteroatoms. The van der Waals surface area contributed by atoms with Crippen molar-refractivity contribution in [1.82, 2.24) is 0 Å². The Labute approximate surface area is 267 Å². The van der Waals surface area contributed by atoms with Crippen molar-refractivity contribution in [2.24, 2.45) is 0 Å². The van der Waals surface area contributed by atoms with Gasteiger partial charge >= 0.3 is 0 Å². The van der Waals surface area contributed by atoms with E-state index in [1.54, 1.807) is 0 Å². The molecule has 0 radical (unpaired) electrons. The van der Waals surface area contributed by atoms with Gasteiger partial charge < -0.3 is 9.32 Å². The zero-order valence-corrected chi connectivity index (χ0v) is 25.1. The fourth-order valence-electron chi connectivity index (χ4n) is 6.83. The molecule has 0 spiro atoms. The van der Waals surface area contributed by atoms with Gasteiger partial charge in [0.1, 0.15) is 11.2 Å². The van der Waals surface area contributed by atoms with Gasteiger partial charge in [-0.2, -0.15) is 0 Å². The van der Waals surface area contributed by atoms with Crippen LogP contribution in [0.5, 0.6) is 0 Å². The Morgan fingerprint density at radius 3 is 1.78 bits per heavy atom. The van der Waals surface area contributed by atoms with E-state index in [1.807, 2.05) is 0 Å². The lowest BCUT2D eigenvalue weighted by Gasteiger charge is -2.27. The Morgan fingerprint density at radius 1 is 0.391 bits per heavy atom. The van der Waals surface area contributed by atoms with E-state index < -0.39 is 0 Å². The summed E-state index contributed by atoms with van der Waals surface area (Å²) in [6.07, 6.45) is 0. The second-order valence-electron chi connectivity index (χ2n) is 11.7. The van der Waals surface area contributed by atoms with Crippen LogP contribution in [0.2, 0.25) is 0 Å². The first-order valence-electron chi connectivity index (χ1n) is 15.7. The molecular formula is C44H29NO. The van der Waals surface area contributed by atoms with Crippen molar-refractivity contribution in [2.75, 3.05) is 4.90 Å². The van der Waals surface area contributed by atoms with Gasteiger partial charge in [-0.15, -0.1) is 0 Å². The van der Waals surface area contributed by atoms with Crippen LogP contribution in [0.4, 0.5) is 17.1 Å². The smallest absolute Gasteiger partial charge is 0.145 e. The van der Waals surface area contributed by atoms with E-state index >= 15 is 0 Å². The van der Waals surface area contributed by atoms with Crippen molar-refractivity contribution >= 4 is 60.5 Å². The maximum Gasteiger partial charge on any atom is 0.145 e. The molecule has 0 aliphatic heterocycles. The molecule has 0 amide bonds. The number of fused-ring (bicyclic) bond motifs is 6. The van der Waals surface area contributed by atoms with Gasteiger partial charge in [0, 0.05) is 22.3 Å². The summed E-state index contributed by atoms with van der Waals surface area (Å²) < 4.78 is 6.83. The zero-order chi connectivity index (χ0) is 30.5. The SMILES string of the molecule is c1ccc(-c2ccc(N(c3ccc4ccccc4c3)c3ccc(-c4ccccc4)c4oc5ccc6ccccc6c5c34)cc2)cc1. The maximum atomic E-state index is 6.83. The lowest BCUT2D eigenvalue weighted by atomic mass is 9.97. The van der Waals surface area contributed by atoms with Crippen LogP contribution < -0.4 is 4.90 Å². The molecular weight excluding hydrogens is 558 g/mol. The van der Waals surface area contributed by atoms with Crippen LogP contribution in [-0.4, -0.2) is 0 Å². The summed E-state index contributed by atoms with van der Waals surface area (Å²) in [5, 5.41) is 7.03. The van der Waals surface area contributed by atoms with Gasteiger partial charge in [-0.1, -0.05) is 133 Å². The topological polar surface area (TPSA) is 16.4 Å². The molecule has 0 unspecified atom stereocenters. The van der Waals surface area contributed by atoms with Crippen molar-refractivity contribution < 1.29 is 4.42 Å². The highest BCUT2D eigenvalue weighted by atomic mass is 16.3. The fourth-order valence-corrected chi connectivity index (χ4v) is 6.83. The van der Waals surface area contributed by atoms with Crippen LogP contribution >= 0.6 is 0 Å². The van der Waals surface area contributed by atoms with Crippen molar-refractivity contribution in [3.05, 3.63) is 176 Å². The molecule has 0 atom stereocenters. The number of benzene rings is 8. The van der Waals surface area contributed by atoms with E-state index in [0.29, 0.717) is 0 Å². The van der Waals surface area contributed by atoms with E-state index in [4.69, 9.17) is 4.42 Å². The van der Waals surface area contributed by atoms with Crippen molar-refractivity contribution in [3.8, 4) is 22.3 Å². The monoisotopic (exact) mass is 587 g/mol. The Morgan fingerprint density at radius 2 is 1.00 bits per heavy atom. The van der Waals surface area contributed by atoms with E-state index in [1.165, 1.54) is 32.7 Å². The average molecular weight is 588 g/mol. The molecule has 216 valence electrons. The number of nitrogens with zero attached hydrogens (tertiary/aromatic N) is 1. The van der Waals surface area contributed by atoms with E-state index in [0.717, 1.165) is 50.1 Å². The lowest BCUT2D eigenvalue weighted by molar-refractivity contribution is 0.670. The second-order valence-corrected chi connectivity index (χ2v) is 11.7. The Hall–Kier alpha value is -6.12. The number of anilines is 3. The molecule has 0 aliphatic carbocycles. The summed E-state index contributed by atoms with van der Waals surface area (Å²) in [7, 11) is 0. The quantitative estimate of drug-likeness (QED) is 0.199. The Kier molecular flexibility index (Phi) is 6.17. The summed E-state index contributed by atoms with van der Waals surface area (Å²) in [5.41, 5.74) is 9.63. The standard InChI is InChI=1S/C44H29NO/c1-3-11-30(12-4-1)32-19-23-36(24-20-32)45(37-25-21-31-13-7-8-17-35(31)29-37)40-27-26-39(33-14-5-2-6-15-33)44-43(40)42-38-18-10-9-16-34(38)22-28-41(42)46-44/h1-29H. The third-order valence-electron chi connectivity index (χ3n) is 9.04. The minimum atomic E-state index is 0.885. The van der Waals surface area contributed by atoms with Crippen molar-refractivity contribution in [3.63, 3.8) is 0 Å². The van der Waals surface area contributed by atoms with E-state index in [2.05, 4.69) is 181 Å². The first-order valence-corrected chi connectivity index (χ1v) is 15.7. The van der Waals surface area contributed by atoms with E-state index in [-0.39, 0.29) is 0 Å². The van der Waals surface area contributed by atoms with Crippen LogP contribution in [0.3, 0.4) is 0 Å². The molecule has 0 N–H and O–H groups in total. The average Bonchev–Trinajstić information content (AvgIpc) is 3.53. The van der Waals surface area contributed by atoms with Crippen molar-refractivity contribution in [2.45, 2.75) is 0 Å². The highest BCUT2D eigenvalue weighted by Gasteiger charge is 2.23. The largest absolute Gasteiger partial charge is 0.455 e. The predicted octanol–water partition coefficient (Wildman–Crippen LogP) is 12.7. The molecule has 1 heterocycles. The molecule has 0 saturated carbocycles. The minimum Gasteiger partial charge on any atom is -0.455 e. The van der Waals surface area contributed by atoms with Crippen LogP contribution in [0.15, 0.2) is 180 Å². The predicted molar refractivity (Wildman–Crippen MR) is 194 cm³/mol. The molecule has 0 fully saturated rings. The third kappa shape index (κ3) is 4.35. The molecule has 0 saturated heterocycles. The van der Waals surface area contributed by atoms with E-state index in [9.17, 15) is 0 Å². The molecule has 0 bridgehead atoms. The molecule has 8 aromatic carbocycles. The number of hydrogen-bond donors (Lipinski definition) is 0. The number of hydrogen-bond acceptors (Lipinski definition) is 2. The number of furan rings is 1. The van der Waals surface area contributed by atoms with Gasteiger partial charge in [0.05, 0.1) is 11.1 Å². The van der Waals surface area contributed by atoms with Gasteiger partial charge in [-0.25, -0.2) is 0 Å². The maximum absolute atomic E-state index is 6.83. The molecule has 2 nitrogen and oxygen atoms in total. The summed E-state index contributed by atoms with van der Waals surface area (Å²) in [4.78, 5) is 2.38. The van der Waals surface area contributed by atoms with Crippen LogP contribution in [0.25, 0.3) is 65.7 Å². The summed E-state index contributed by atoms with van der Waals surface area (Å²) in [6.45, 7) is 0. The van der Waals surface area contributed by atoms with Crippen LogP contribution in [0.1, 0.15) is 0 Å². The number of rotatable bonds is 5. The normalized spacial score (nSPS) is 11.5. The Balaban J connectivity index is 1.36. The van der Waals surface area contributed by atoms with Crippen LogP contribution in [-0.2, 0) is 0 Å². The first-order chi connectivity index (χ1) is 22.8. The van der Waals surface area contributed by atoms with Gasteiger partial charge in [0.15, 0.2) is 0 Å². The van der Waals surface area contributed by atoms with Gasteiger partial charge in [-0.3, -0.25) is 0 Å². The fraction of sp³-hybridized carbons (Fsp3) is 0. The molecule has 46 heavy (non-hydrogen) atoms. The third-order valence-corrected chi connectivity index (χ3v) is 9.04. The highest BCUT2D eigenvalue weighted by Crippen LogP contribution is 2.48. The minimum absolute atomic E-state index is 0.885. The molecule has 1 aromatic heterocycles. The summed E-state index contributed by atoms with van der Waals surface area (Å²) in [5.74, 6) is 0. The summed E-state index contributed by atoms with van der Waals surface area (Å²) in [6, 6.07) is 62.6. The van der Waals surface area contributed by atoms with Crippen molar-refractivity contribution in [1.29, 1.82) is 0 Å². The van der Waals surface area contributed by atoms with Gasteiger partial charge in [0.25, 0.3) is 0 Å². The first kappa shape index (κ1) is 26.3. The van der Waals surface area contributed by atoms with Crippen LogP contribution in [0, 0.1) is 0 Å². The summed E-state index contributed by atoms with van der Waals surface area (Å²) >= 11 is 0. The molecule has 0 aliphatic rings. The lowest BCUT2D eigenvalue weighted by Crippen LogP contribution is -2.10. The second kappa shape index (κ2) is 10.8. The zero-order valence-electron chi connectivity index (χ0n) is 25.1. The molecule has 9 rings (SSSR count). The molecule has 9 aromatic rings. The van der Waals surface area contributed by atoms with Gasteiger partial charge in [0.2, 0.25) is 0 Å². The highest BCUT2D eigenvalue weighted by molar-refractivity contribution is 6.25.